The number of nitrogens with one attached hydrogen (secondary N) is 1. The van der Waals surface area contributed by atoms with Gasteiger partial charge in [-0.3, -0.25) is 0 Å². The fraction of sp³-hybridized carbons (Fsp3) is 0.250. The Bertz CT molecular complexity index is 450. The predicted octanol–water partition coefficient (Wildman–Crippen LogP) is 2.88. The van der Waals surface area contributed by atoms with Crippen LogP contribution in [0.5, 0.6) is 0 Å². The van der Waals surface area contributed by atoms with Gasteiger partial charge in [-0.25, -0.2) is 9.37 Å². The van der Waals surface area contributed by atoms with Crippen molar-refractivity contribution in [1.82, 2.24) is 10.3 Å². The van der Waals surface area contributed by atoms with Crippen molar-refractivity contribution in [2.24, 2.45) is 0 Å². The van der Waals surface area contributed by atoms with Gasteiger partial charge in [0, 0.05) is 24.2 Å². The van der Waals surface area contributed by atoms with E-state index in [-0.39, 0.29) is 5.82 Å². The molecule has 0 aliphatic rings. The summed E-state index contributed by atoms with van der Waals surface area (Å²) >= 11 is 1.65. The summed E-state index contributed by atoms with van der Waals surface area (Å²) in [5.74, 6) is -0.195. The van der Waals surface area contributed by atoms with E-state index in [0.717, 1.165) is 29.4 Å². The highest BCUT2D eigenvalue weighted by Crippen LogP contribution is 2.08. The smallest absolute Gasteiger partial charge is 0.123 e. The Hall–Kier alpha value is -1.26. The van der Waals surface area contributed by atoms with Crippen LogP contribution in [0.15, 0.2) is 29.6 Å². The maximum absolute atomic E-state index is 12.6. The molecule has 0 bridgehead atoms. The van der Waals surface area contributed by atoms with Crippen molar-refractivity contribution in [1.29, 1.82) is 0 Å². The summed E-state index contributed by atoms with van der Waals surface area (Å²) in [6.45, 7) is 3.48. The van der Waals surface area contributed by atoms with Crippen LogP contribution in [0, 0.1) is 12.7 Å². The highest BCUT2D eigenvalue weighted by molar-refractivity contribution is 7.09. The third-order valence-electron chi connectivity index (χ3n) is 2.19. The summed E-state index contributed by atoms with van der Waals surface area (Å²) in [5, 5.41) is 6.40. The molecule has 0 fully saturated rings. The molecule has 0 spiro atoms. The Morgan fingerprint density at radius 3 is 2.62 bits per heavy atom. The molecule has 2 aromatic rings. The summed E-state index contributed by atoms with van der Waals surface area (Å²) in [6, 6.07) is 6.53. The van der Waals surface area contributed by atoms with Crippen LogP contribution in [-0.4, -0.2) is 4.98 Å². The maximum atomic E-state index is 12.6. The second-order valence-corrected chi connectivity index (χ2v) is 4.56. The summed E-state index contributed by atoms with van der Waals surface area (Å²) in [4.78, 5) is 4.35. The van der Waals surface area contributed by atoms with Crippen molar-refractivity contribution >= 4 is 11.3 Å². The standard InChI is InChI=1S/C12H13FN2S/c1-9-8-16-12(15-9)7-14-6-10-2-4-11(13)5-3-10/h2-5,8,14H,6-7H2,1H3. The second-order valence-electron chi connectivity index (χ2n) is 3.61. The van der Waals surface area contributed by atoms with Crippen molar-refractivity contribution in [2.75, 3.05) is 0 Å². The Balaban J connectivity index is 1.82. The fourth-order valence-electron chi connectivity index (χ4n) is 1.40. The molecule has 0 saturated carbocycles. The van der Waals surface area contributed by atoms with Crippen molar-refractivity contribution in [3.8, 4) is 0 Å². The highest BCUT2D eigenvalue weighted by Gasteiger charge is 1.98. The molecule has 0 amide bonds. The molecule has 0 aliphatic heterocycles. The van der Waals surface area contributed by atoms with E-state index in [1.54, 1.807) is 23.5 Å². The van der Waals surface area contributed by atoms with Crippen molar-refractivity contribution < 1.29 is 4.39 Å². The van der Waals surface area contributed by atoms with Gasteiger partial charge in [-0.2, -0.15) is 0 Å². The second kappa shape index (κ2) is 5.18. The lowest BCUT2D eigenvalue weighted by atomic mass is 10.2. The lowest BCUT2D eigenvalue weighted by molar-refractivity contribution is 0.624. The average molecular weight is 236 g/mol. The number of aryl methyl sites for hydroxylation is 1. The highest BCUT2D eigenvalue weighted by atomic mass is 32.1. The molecule has 1 N–H and O–H groups in total. The van der Waals surface area contributed by atoms with E-state index in [2.05, 4.69) is 10.3 Å². The van der Waals surface area contributed by atoms with Crippen LogP contribution in [0.25, 0.3) is 0 Å². The van der Waals surface area contributed by atoms with Gasteiger partial charge in [0.05, 0.1) is 0 Å². The number of hydrogen-bond acceptors (Lipinski definition) is 3. The monoisotopic (exact) mass is 236 g/mol. The summed E-state index contributed by atoms with van der Waals surface area (Å²) in [6.07, 6.45) is 0. The molecule has 0 atom stereocenters. The molecule has 4 heteroatoms. The van der Waals surface area contributed by atoms with E-state index in [1.807, 2.05) is 12.3 Å². The first-order chi connectivity index (χ1) is 7.74. The van der Waals surface area contributed by atoms with E-state index in [1.165, 1.54) is 12.1 Å². The zero-order chi connectivity index (χ0) is 11.4. The van der Waals surface area contributed by atoms with Crippen molar-refractivity contribution in [3.63, 3.8) is 0 Å². The number of thiazole rings is 1. The van der Waals surface area contributed by atoms with Gasteiger partial charge in [-0.15, -0.1) is 11.3 Å². The first kappa shape index (κ1) is 11.2. The van der Waals surface area contributed by atoms with Gasteiger partial charge < -0.3 is 5.32 Å². The van der Waals surface area contributed by atoms with Crippen LogP contribution >= 0.6 is 11.3 Å². The summed E-state index contributed by atoms with van der Waals surface area (Å²) < 4.78 is 12.6. The molecule has 2 nitrogen and oxygen atoms in total. The van der Waals surface area contributed by atoms with Gasteiger partial charge in [0.25, 0.3) is 0 Å². The molecular weight excluding hydrogens is 223 g/mol. The van der Waals surface area contributed by atoms with E-state index >= 15 is 0 Å². The van der Waals surface area contributed by atoms with E-state index in [0.29, 0.717) is 0 Å². The molecule has 0 unspecified atom stereocenters. The molecule has 1 aromatic heterocycles. The third-order valence-corrected chi connectivity index (χ3v) is 3.15. The molecule has 16 heavy (non-hydrogen) atoms. The molecular formula is C12H13FN2S. The van der Waals surface area contributed by atoms with E-state index in [4.69, 9.17) is 0 Å². The van der Waals surface area contributed by atoms with Crippen LogP contribution < -0.4 is 5.32 Å². The molecule has 0 radical (unpaired) electrons. The van der Waals surface area contributed by atoms with E-state index < -0.39 is 0 Å². The quantitative estimate of drug-likeness (QED) is 0.883. The number of rotatable bonds is 4. The minimum absolute atomic E-state index is 0.195. The Morgan fingerprint density at radius 2 is 2.00 bits per heavy atom. The SMILES string of the molecule is Cc1csc(CNCc2ccc(F)cc2)n1. The third kappa shape index (κ3) is 3.12. The van der Waals surface area contributed by atoms with Crippen LogP contribution in [0.4, 0.5) is 4.39 Å². The maximum Gasteiger partial charge on any atom is 0.123 e. The number of halogens is 1. The van der Waals surface area contributed by atoms with Gasteiger partial charge in [0.1, 0.15) is 10.8 Å². The molecule has 0 saturated heterocycles. The van der Waals surface area contributed by atoms with Gasteiger partial charge in [0.15, 0.2) is 0 Å². The Kier molecular flexibility index (Phi) is 3.64. The molecule has 0 aliphatic carbocycles. The van der Waals surface area contributed by atoms with Gasteiger partial charge in [0.2, 0.25) is 0 Å². The van der Waals surface area contributed by atoms with Crippen molar-refractivity contribution in [3.05, 3.63) is 51.7 Å². The largest absolute Gasteiger partial charge is 0.306 e. The van der Waals surface area contributed by atoms with Crippen LogP contribution in [0.2, 0.25) is 0 Å². The number of benzene rings is 1. The topological polar surface area (TPSA) is 24.9 Å². The zero-order valence-electron chi connectivity index (χ0n) is 9.03. The van der Waals surface area contributed by atoms with Crippen LogP contribution in [0.3, 0.4) is 0 Å². The number of nitrogens with zero attached hydrogens (tertiary/aromatic N) is 1. The minimum Gasteiger partial charge on any atom is -0.306 e. The number of hydrogen-bond donors (Lipinski definition) is 1. The van der Waals surface area contributed by atoms with Gasteiger partial charge >= 0.3 is 0 Å². The molecule has 1 heterocycles. The van der Waals surface area contributed by atoms with E-state index in [9.17, 15) is 4.39 Å². The average Bonchev–Trinajstić information content (AvgIpc) is 2.67. The Morgan fingerprint density at radius 1 is 1.25 bits per heavy atom. The fourth-order valence-corrected chi connectivity index (χ4v) is 2.14. The first-order valence-electron chi connectivity index (χ1n) is 5.10. The number of aromatic nitrogens is 1. The van der Waals surface area contributed by atoms with Crippen LogP contribution in [-0.2, 0) is 13.1 Å². The normalized spacial score (nSPS) is 10.6. The molecule has 84 valence electrons. The first-order valence-corrected chi connectivity index (χ1v) is 5.98. The predicted molar refractivity (Wildman–Crippen MR) is 63.8 cm³/mol. The zero-order valence-corrected chi connectivity index (χ0v) is 9.85. The van der Waals surface area contributed by atoms with Crippen molar-refractivity contribution in [2.45, 2.75) is 20.0 Å². The molecule has 1 aromatic carbocycles. The summed E-state index contributed by atoms with van der Waals surface area (Å²) in [5.41, 5.74) is 2.14. The minimum atomic E-state index is -0.195. The Labute approximate surface area is 98.2 Å². The lowest BCUT2D eigenvalue weighted by Gasteiger charge is -2.02. The lowest BCUT2D eigenvalue weighted by Crippen LogP contribution is -2.12. The molecule has 2 rings (SSSR count). The van der Waals surface area contributed by atoms with Gasteiger partial charge in [-0.1, -0.05) is 12.1 Å². The summed E-state index contributed by atoms with van der Waals surface area (Å²) in [7, 11) is 0. The van der Waals surface area contributed by atoms with Crippen LogP contribution in [0.1, 0.15) is 16.3 Å². The van der Waals surface area contributed by atoms with Gasteiger partial charge in [-0.05, 0) is 24.6 Å².